The van der Waals surface area contributed by atoms with Gasteiger partial charge in [0.2, 0.25) is 0 Å². The number of aliphatic hydroxyl groups is 3. The highest BCUT2D eigenvalue weighted by Gasteiger charge is 2.51. The monoisotopic (exact) mass is 983 g/mol. The van der Waals surface area contributed by atoms with Gasteiger partial charge >= 0.3 is 17.4 Å². The Bertz CT molecular complexity index is 2270. The number of aromatic nitrogens is 6. The molecule has 14 atom stereocenters. The highest BCUT2D eigenvalue weighted by atomic mass is 16.6. The van der Waals surface area contributed by atoms with Crippen LogP contribution in [0.2, 0.25) is 0 Å². The summed E-state index contributed by atoms with van der Waals surface area (Å²) in [5.74, 6) is 0.676. The lowest BCUT2D eigenvalue weighted by molar-refractivity contribution is -0.111. The molecule has 7 rings (SSSR count). The van der Waals surface area contributed by atoms with Crippen LogP contribution in [0.1, 0.15) is 103 Å². The first-order valence-electron chi connectivity index (χ1n) is 23.3. The molecule has 0 bridgehead atoms. The minimum Gasteiger partial charge on any atom is -0.453 e. The minimum absolute atomic E-state index is 0.224. The van der Waals surface area contributed by atoms with E-state index in [1.165, 1.54) is 21.5 Å². The van der Waals surface area contributed by atoms with Gasteiger partial charge in [-0.2, -0.15) is 4.98 Å². The van der Waals surface area contributed by atoms with E-state index in [2.05, 4.69) is 28.8 Å². The topological polar surface area (TPSA) is 288 Å². The Morgan fingerprint density at radius 2 is 0.986 bits per heavy atom. The molecule has 4 aliphatic heterocycles. The number of aliphatic hydroxyl groups excluding tert-OH is 3. The number of ether oxygens (including phenoxy) is 9. The minimum atomic E-state index is -0.872. The summed E-state index contributed by atoms with van der Waals surface area (Å²) >= 11 is 0. The molecule has 3 aromatic rings. The summed E-state index contributed by atoms with van der Waals surface area (Å²) in [6.45, 7) is 20.1. The maximum absolute atomic E-state index is 12.1. The van der Waals surface area contributed by atoms with E-state index in [0.717, 1.165) is 13.0 Å². The van der Waals surface area contributed by atoms with Gasteiger partial charge in [-0.25, -0.2) is 9.59 Å². The van der Waals surface area contributed by atoms with Gasteiger partial charge in [0.25, 0.3) is 16.7 Å². The van der Waals surface area contributed by atoms with Gasteiger partial charge < -0.3 is 58.0 Å². The Kier molecular flexibility index (Phi) is 21.7. The molecular formula is C46H74N6O17. The Morgan fingerprint density at radius 3 is 1.36 bits per heavy atom. The molecule has 3 saturated heterocycles. The van der Waals surface area contributed by atoms with Crippen molar-refractivity contribution in [3.63, 3.8) is 0 Å². The fourth-order valence-electron chi connectivity index (χ4n) is 8.17. The normalized spacial score (nSPS) is 28.6. The fourth-order valence-corrected chi connectivity index (χ4v) is 8.17. The maximum atomic E-state index is 12.1. The zero-order valence-corrected chi connectivity index (χ0v) is 42.0. The van der Waals surface area contributed by atoms with Gasteiger partial charge in [0.15, 0.2) is 24.8 Å². The van der Waals surface area contributed by atoms with Crippen molar-refractivity contribution >= 4 is 0 Å². The van der Waals surface area contributed by atoms with Crippen LogP contribution in [-0.2, 0) is 37.9 Å². The van der Waals surface area contributed by atoms with Crippen LogP contribution in [-0.4, -0.2) is 152 Å². The van der Waals surface area contributed by atoms with Gasteiger partial charge in [-0.1, -0.05) is 34.6 Å². The number of aryl methyl sites for hydroxylation is 3. The Balaban J connectivity index is 0.000000214. The molecule has 0 aliphatic carbocycles. The van der Waals surface area contributed by atoms with E-state index < -0.39 is 83.8 Å². The Morgan fingerprint density at radius 1 is 0.594 bits per heavy atom. The molecule has 0 amide bonds. The van der Waals surface area contributed by atoms with E-state index in [1.54, 1.807) is 52.9 Å². The van der Waals surface area contributed by atoms with Crippen molar-refractivity contribution in [2.75, 3.05) is 41.2 Å². The first-order chi connectivity index (χ1) is 32.7. The summed E-state index contributed by atoms with van der Waals surface area (Å²) in [5, 5.41) is 30.9. The number of nitrogens with zero attached hydrogens (tertiary/aromatic N) is 4. The van der Waals surface area contributed by atoms with Crippen LogP contribution in [0, 0.1) is 26.7 Å². The molecule has 23 nitrogen and oxygen atoms in total. The third kappa shape index (κ3) is 14.1. The average molecular weight is 983 g/mol. The van der Waals surface area contributed by atoms with Gasteiger partial charge in [0, 0.05) is 63.2 Å². The molecule has 7 heterocycles. The second-order valence-corrected chi connectivity index (χ2v) is 17.9. The predicted molar refractivity (Wildman–Crippen MR) is 250 cm³/mol. The van der Waals surface area contributed by atoms with E-state index >= 15 is 0 Å². The molecule has 3 aromatic heterocycles. The van der Waals surface area contributed by atoms with Crippen LogP contribution in [0.5, 0.6) is 6.01 Å². The molecule has 23 heteroatoms. The number of aromatic amines is 2. The van der Waals surface area contributed by atoms with Gasteiger partial charge in [-0.15, -0.1) is 0 Å². The van der Waals surface area contributed by atoms with E-state index in [9.17, 15) is 39.3 Å². The van der Waals surface area contributed by atoms with Crippen LogP contribution < -0.4 is 32.8 Å². The number of hydrogen-bond donors (Lipinski definition) is 5. The second-order valence-electron chi connectivity index (χ2n) is 17.9. The van der Waals surface area contributed by atoms with Crippen molar-refractivity contribution in [3.05, 3.63) is 87.3 Å². The molecule has 3 unspecified atom stereocenters. The zero-order chi connectivity index (χ0) is 51.4. The number of rotatable bonds is 15. The van der Waals surface area contributed by atoms with Crippen molar-refractivity contribution in [2.45, 2.75) is 174 Å². The lowest BCUT2D eigenvalue weighted by Gasteiger charge is -2.25. The Hall–Kier alpha value is -4.40. The number of nitrogens with one attached hydrogen (secondary N) is 2. The summed E-state index contributed by atoms with van der Waals surface area (Å²) < 4.78 is 53.6. The zero-order valence-electron chi connectivity index (χ0n) is 42.0. The van der Waals surface area contributed by atoms with Crippen molar-refractivity contribution in [2.24, 2.45) is 5.92 Å². The molecule has 0 saturated carbocycles. The van der Waals surface area contributed by atoms with Gasteiger partial charge in [0.1, 0.15) is 30.5 Å². The van der Waals surface area contributed by atoms with Crippen molar-refractivity contribution < 1.29 is 58.0 Å². The van der Waals surface area contributed by atoms with Crippen LogP contribution in [0.25, 0.3) is 0 Å². The number of hydrogen-bond acceptors (Lipinski definition) is 18. The van der Waals surface area contributed by atoms with Gasteiger partial charge in [-0.3, -0.25) is 38.1 Å². The predicted octanol–water partition coefficient (Wildman–Crippen LogP) is 1.14. The third-order valence-corrected chi connectivity index (χ3v) is 11.7. The fraction of sp³-hybridized carbons (Fsp3) is 0.739. The Labute approximate surface area is 400 Å². The van der Waals surface area contributed by atoms with Crippen molar-refractivity contribution in [3.8, 4) is 6.01 Å². The summed E-state index contributed by atoms with van der Waals surface area (Å²) in [4.78, 5) is 67.0. The van der Waals surface area contributed by atoms with E-state index in [-0.39, 0.29) is 36.1 Å². The molecule has 0 aromatic carbocycles. The van der Waals surface area contributed by atoms with Crippen LogP contribution >= 0.6 is 0 Å². The van der Waals surface area contributed by atoms with E-state index in [4.69, 9.17) is 42.6 Å². The molecule has 3 fully saturated rings. The van der Waals surface area contributed by atoms with Crippen molar-refractivity contribution in [1.29, 1.82) is 0 Å². The van der Waals surface area contributed by atoms with E-state index in [1.807, 2.05) is 34.6 Å². The lowest BCUT2D eigenvalue weighted by Crippen LogP contribution is -2.41. The molecule has 0 spiro atoms. The van der Waals surface area contributed by atoms with Crippen LogP contribution in [0.3, 0.4) is 0 Å². The van der Waals surface area contributed by atoms with Crippen LogP contribution in [0.15, 0.2) is 42.6 Å². The van der Waals surface area contributed by atoms with E-state index in [0.29, 0.717) is 48.7 Å². The SMILES string of the molecule is CC[C@H]1O[C@@H](n2cc(C)c(=O)[nH]c2=O)[C@@H](O[C@@H](C)COC)C1O.CC[C@H]1O[C@@H](n2cc(C)c(=O)[nH]c2=O)[C@@H](O[C@H](C)COC)C1O.CC[C@H]1O[C@@H]2[C@H](Oc3nc(=O)c(C)cn32)C1O.COCC(C)C. The average Bonchev–Trinajstić information content (AvgIpc) is 4.00. The first-order valence-corrected chi connectivity index (χ1v) is 23.3. The first kappa shape index (κ1) is 57.2. The molecule has 0 radical (unpaired) electrons. The molecule has 390 valence electrons. The highest BCUT2D eigenvalue weighted by Crippen LogP contribution is 2.40. The highest BCUT2D eigenvalue weighted by molar-refractivity contribution is 5.15. The van der Waals surface area contributed by atoms with Gasteiger partial charge in [0.05, 0.1) is 43.7 Å². The summed E-state index contributed by atoms with van der Waals surface area (Å²) in [7, 11) is 4.84. The number of fused-ring (bicyclic) bond motifs is 3. The summed E-state index contributed by atoms with van der Waals surface area (Å²) in [6, 6.07) is 0.226. The maximum Gasteiger partial charge on any atom is 0.330 e. The third-order valence-electron chi connectivity index (χ3n) is 11.7. The smallest absolute Gasteiger partial charge is 0.330 e. The molecular weight excluding hydrogens is 909 g/mol. The summed E-state index contributed by atoms with van der Waals surface area (Å²) in [6.07, 6.45) is -1.62. The van der Waals surface area contributed by atoms with Crippen molar-refractivity contribution in [1.82, 2.24) is 28.7 Å². The second kappa shape index (κ2) is 26.2. The number of H-pyrrole nitrogens is 2. The number of methoxy groups -OCH3 is 3. The largest absolute Gasteiger partial charge is 0.453 e. The molecule has 5 N–H and O–H groups in total. The van der Waals surface area contributed by atoms with Crippen LogP contribution in [0.4, 0.5) is 0 Å². The molecule has 69 heavy (non-hydrogen) atoms. The molecule has 4 aliphatic rings. The quantitative estimate of drug-likeness (QED) is 0.143. The summed E-state index contributed by atoms with van der Waals surface area (Å²) in [5.41, 5.74) is -1.08. The van der Waals surface area contributed by atoms with Gasteiger partial charge in [-0.05, 0) is 59.8 Å². The lowest BCUT2D eigenvalue weighted by atomic mass is 10.1. The standard InChI is InChI=1S/2C15H24N2O6.C11H14N2O4.C5H12O/c2*1-5-10-11(18)12(22-9(3)7-21-4)14(23-10)17-6-8(2)13(19)16-15(17)20;1-3-6-7(14)8-10(16-6)13-4-5(2)9(15)12-11(13)17-8;1-5(2)4-6-3/h2*6,9-12,14,18H,5,7H2,1-4H3,(H,16,19,20);4,6-8,10,14H,3H2,1-2H3;5H,4H2,1-3H3/t9-,10+,11?,12-,14+;9-,10-,11?,12+,14-;6-,7?,8-,10-;/m011./s1.